The molecule has 0 bridgehead atoms. The van der Waals surface area contributed by atoms with Crippen LogP contribution in [0.3, 0.4) is 0 Å². The van der Waals surface area contributed by atoms with Crippen LogP contribution in [0.1, 0.15) is 42.8 Å². The zero-order chi connectivity index (χ0) is 26.9. The van der Waals surface area contributed by atoms with Crippen molar-refractivity contribution in [2.45, 2.75) is 38.3 Å². The van der Waals surface area contributed by atoms with Crippen molar-refractivity contribution in [3.05, 3.63) is 76.9 Å². The van der Waals surface area contributed by atoms with Gasteiger partial charge in [-0.15, -0.1) is 0 Å². The highest BCUT2D eigenvalue weighted by Crippen LogP contribution is 2.36. The van der Waals surface area contributed by atoms with E-state index in [0.717, 1.165) is 11.9 Å². The molecule has 1 unspecified atom stereocenters. The highest BCUT2D eigenvalue weighted by molar-refractivity contribution is 6.30. The van der Waals surface area contributed by atoms with Crippen LogP contribution >= 0.6 is 11.6 Å². The first-order valence-corrected chi connectivity index (χ1v) is 12.8. The van der Waals surface area contributed by atoms with Crippen LogP contribution in [-0.2, 0) is 12.6 Å². The van der Waals surface area contributed by atoms with Gasteiger partial charge in [0, 0.05) is 63.2 Å². The highest BCUT2D eigenvalue weighted by Gasteiger charge is 2.36. The normalized spacial score (nSPS) is 18.7. The van der Waals surface area contributed by atoms with Gasteiger partial charge in [-0.3, -0.25) is 4.57 Å². The minimum Gasteiger partial charge on any atom is -0.353 e. The number of hydrogen-bond donors (Lipinski definition) is 0. The number of alkyl halides is 3. The van der Waals surface area contributed by atoms with Gasteiger partial charge in [0.25, 0.3) is 0 Å². The highest BCUT2D eigenvalue weighted by atomic mass is 35.5. The van der Waals surface area contributed by atoms with Crippen molar-refractivity contribution in [1.29, 1.82) is 0 Å². The van der Waals surface area contributed by atoms with Crippen LogP contribution in [0.15, 0.2) is 59.8 Å². The molecule has 0 spiro atoms. The average molecular weight is 548 g/mol. The molecule has 0 aromatic carbocycles. The minimum absolute atomic E-state index is 0.0651. The SMILES string of the molecule is CCc1nccn1-c1nc(C2C=CC(F)=C(Cl)CC2)cc(N2CCN(c3ncccc3C(F)(F)F)CC2)n1. The molecule has 1 saturated heterocycles. The first-order chi connectivity index (χ1) is 18.2. The summed E-state index contributed by atoms with van der Waals surface area (Å²) in [5, 5.41) is 0.185. The van der Waals surface area contributed by atoms with Gasteiger partial charge in [0.2, 0.25) is 5.95 Å². The number of hydrogen-bond acceptors (Lipinski definition) is 6. The zero-order valence-electron chi connectivity index (χ0n) is 20.7. The summed E-state index contributed by atoms with van der Waals surface area (Å²) in [5.41, 5.74) is -0.0328. The topological polar surface area (TPSA) is 63.0 Å². The van der Waals surface area contributed by atoms with E-state index >= 15 is 0 Å². The van der Waals surface area contributed by atoms with Crippen LogP contribution in [0, 0.1) is 0 Å². The number of halogens is 5. The van der Waals surface area contributed by atoms with Crippen molar-refractivity contribution in [1.82, 2.24) is 24.5 Å². The number of nitrogens with zero attached hydrogens (tertiary/aromatic N) is 7. The molecule has 4 heterocycles. The van der Waals surface area contributed by atoms with Gasteiger partial charge in [0.05, 0.1) is 16.3 Å². The molecule has 0 N–H and O–H groups in total. The van der Waals surface area contributed by atoms with Crippen molar-refractivity contribution < 1.29 is 17.6 Å². The Kier molecular flexibility index (Phi) is 7.38. The zero-order valence-corrected chi connectivity index (χ0v) is 21.4. The number of anilines is 2. The summed E-state index contributed by atoms with van der Waals surface area (Å²) in [6, 6.07) is 4.22. The number of rotatable bonds is 5. The molecular weight excluding hydrogens is 522 g/mol. The molecule has 1 fully saturated rings. The summed E-state index contributed by atoms with van der Waals surface area (Å²) in [6.45, 7) is 3.55. The lowest BCUT2D eigenvalue weighted by Crippen LogP contribution is -2.47. The third-order valence-electron chi connectivity index (χ3n) is 6.75. The van der Waals surface area contributed by atoms with Gasteiger partial charge in [0.15, 0.2) is 0 Å². The standard InChI is InChI=1S/C26H26ClF4N7/c1-2-22-32-10-11-38(22)25-34-21(17-5-7-19(27)20(28)8-6-17)16-23(35-25)36-12-14-37(15-13-36)24-18(26(29,30)31)4-3-9-33-24/h3-4,6,8-11,16-17H,2,5,7,12-15H2,1H3. The molecule has 38 heavy (non-hydrogen) atoms. The molecule has 12 heteroatoms. The van der Waals surface area contributed by atoms with Gasteiger partial charge in [-0.25, -0.2) is 19.3 Å². The van der Waals surface area contributed by atoms with E-state index < -0.39 is 17.6 Å². The summed E-state index contributed by atoms with van der Waals surface area (Å²) in [6.07, 6.45) is 5.14. The number of allylic oxidation sites excluding steroid dienone is 4. The van der Waals surface area contributed by atoms with Crippen LogP contribution < -0.4 is 9.80 Å². The summed E-state index contributed by atoms with van der Waals surface area (Å²) in [4.78, 5) is 21.7. The van der Waals surface area contributed by atoms with Crippen molar-refractivity contribution >= 4 is 23.2 Å². The molecule has 0 radical (unpaired) electrons. The maximum atomic E-state index is 14.1. The smallest absolute Gasteiger partial charge is 0.353 e. The third-order valence-corrected chi connectivity index (χ3v) is 7.12. The Bertz CT molecular complexity index is 1360. The van der Waals surface area contributed by atoms with Gasteiger partial charge in [-0.05, 0) is 31.1 Å². The fourth-order valence-electron chi connectivity index (χ4n) is 4.73. The Morgan fingerprint density at radius 1 is 1.05 bits per heavy atom. The second-order valence-corrected chi connectivity index (χ2v) is 9.58. The first kappa shape index (κ1) is 26.1. The number of piperazine rings is 1. The Morgan fingerprint density at radius 3 is 2.55 bits per heavy atom. The van der Waals surface area contributed by atoms with E-state index in [1.54, 1.807) is 23.4 Å². The molecule has 5 rings (SSSR count). The lowest BCUT2D eigenvalue weighted by atomic mass is 9.99. The number of aromatic nitrogens is 5. The Labute approximate surface area is 222 Å². The fraction of sp³-hybridized carbons (Fsp3) is 0.385. The number of aryl methyl sites for hydroxylation is 1. The Hall–Kier alpha value is -3.47. The van der Waals surface area contributed by atoms with Crippen LogP contribution in [-0.4, -0.2) is 50.7 Å². The molecule has 0 amide bonds. The molecule has 7 nitrogen and oxygen atoms in total. The Morgan fingerprint density at radius 2 is 1.82 bits per heavy atom. The van der Waals surface area contributed by atoms with Gasteiger partial charge in [0.1, 0.15) is 23.3 Å². The largest absolute Gasteiger partial charge is 0.419 e. The van der Waals surface area contributed by atoms with E-state index in [1.807, 2.05) is 22.5 Å². The molecule has 1 atom stereocenters. The monoisotopic (exact) mass is 547 g/mol. The summed E-state index contributed by atoms with van der Waals surface area (Å²) >= 11 is 6.05. The van der Waals surface area contributed by atoms with E-state index in [9.17, 15) is 17.6 Å². The molecule has 200 valence electrons. The van der Waals surface area contributed by atoms with E-state index in [4.69, 9.17) is 21.6 Å². The maximum absolute atomic E-state index is 14.1. The predicted molar refractivity (Wildman–Crippen MR) is 137 cm³/mol. The van der Waals surface area contributed by atoms with E-state index in [0.29, 0.717) is 62.9 Å². The van der Waals surface area contributed by atoms with Crippen LogP contribution in [0.4, 0.5) is 29.2 Å². The number of pyridine rings is 1. The quantitative estimate of drug-likeness (QED) is 0.375. The van der Waals surface area contributed by atoms with Crippen molar-refractivity contribution in [2.75, 3.05) is 36.0 Å². The summed E-state index contributed by atoms with van der Waals surface area (Å²) in [5.74, 6) is 1.18. The van der Waals surface area contributed by atoms with Gasteiger partial charge in [-0.1, -0.05) is 24.6 Å². The van der Waals surface area contributed by atoms with Crippen LogP contribution in [0.25, 0.3) is 5.95 Å². The number of imidazole rings is 1. The second kappa shape index (κ2) is 10.7. The minimum atomic E-state index is -4.48. The third kappa shape index (κ3) is 5.38. The molecule has 3 aromatic rings. The predicted octanol–water partition coefficient (Wildman–Crippen LogP) is 5.82. The van der Waals surface area contributed by atoms with E-state index in [1.165, 1.54) is 18.3 Å². The second-order valence-electron chi connectivity index (χ2n) is 9.12. The lowest BCUT2D eigenvalue weighted by Gasteiger charge is -2.37. The van der Waals surface area contributed by atoms with Crippen LogP contribution in [0.5, 0.6) is 0 Å². The summed E-state index contributed by atoms with van der Waals surface area (Å²) in [7, 11) is 0. The maximum Gasteiger partial charge on any atom is 0.419 e. The molecule has 2 aliphatic rings. The van der Waals surface area contributed by atoms with Crippen molar-refractivity contribution in [3.63, 3.8) is 0 Å². The van der Waals surface area contributed by atoms with Crippen molar-refractivity contribution in [3.8, 4) is 5.95 Å². The molecular formula is C26H26ClF4N7. The molecule has 0 saturated carbocycles. The summed E-state index contributed by atoms with van der Waals surface area (Å²) < 4.78 is 56.5. The van der Waals surface area contributed by atoms with Crippen molar-refractivity contribution in [2.24, 2.45) is 0 Å². The Balaban J connectivity index is 1.44. The lowest BCUT2D eigenvalue weighted by molar-refractivity contribution is -0.137. The molecule has 1 aliphatic heterocycles. The van der Waals surface area contributed by atoms with E-state index in [-0.39, 0.29) is 16.8 Å². The van der Waals surface area contributed by atoms with Gasteiger partial charge in [-0.2, -0.15) is 18.2 Å². The van der Waals surface area contributed by atoms with Crippen LogP contribution in [0.2, 0.25) is 0 Å². The van der Waals surface area contributed by atoms with Gasteiger partial charge < -0.3 is 9.80 Å². The first-order valence-electron chi connectivity index (χ1n) is 12.4. The van der Waals surface area contributed by atoms with E-state index in [2.05, 4.69) is 9.97 Å². The average Bonchev–Trinajstić information content (AvgIpc) is 3.34. The fourth-order valence-corrected chi connectivity index (χ4v) is 4.90. The molecule has 3 aromatic heterocycles. The molecule has 1 aliphatic carbocycles. The van der Waals surface area contributed by atoms with Gasteiger partial charge >= 0.3 is 6.18 Å².